The molecule has 0 unspecified atom stereocenters. The Morgan fingerprint density at radius 3 is 2.85 bits per heavy atom. The molecule has 0 aliphatic carbocycles. The van der Waals surface area contributed by atoms with Gasteiger partial charge in [-0.1, -0.05) is 11.6 Å². The number of pyridine rings is 1. The molecule has 1 heterocycles. The van der Waals surface area contributed by atoms with Crippen LogP contribution in [0.2, 0.25) is 0 Å². The smallest absolute Gasteiger partial charge is 0.157 e. The van der Waals surface area contributed by atoms with Crippen LogP contribution in [0.3, 0.4) is 0 Å². The van der Waals surface area contributed by atoms with Crippen LogP contribution >= 0.6 is 0 Å². The third kappa shape index (κ3) is 6.00. The van der Waals surface area contributed by atoms with E-state index in [0.29, 0.717) is 12.1 Å². The Kier molecular flexibility index (Phi) is 6.82. The molecule has 0 aliphatic heterocycles. The molecular formula is C16H19N3O. The highest BCUT2D eigenvalue weighted by Gasteiger charge is 2.02. The second kappa shape index (κ2) is 8.69. The fraction of sp³-hybridized carbons (Fsp3) is 0.250. The van der Waals surface area contributed by atoms with Gasteiger partial charge in [0, 0.05) is 30.6 Å². The molecule has 0 saturated heterocycles. The van der Waals surface area contributed by atoms with Crippen LogP contribution in [0.1, 0.15) is 25.8 Å². The molecule has 1 aromatic heterocycles. The zero-order valence-electron chi connectivity index (χ0n) is 11.9. The predicted molar refractivity (Wildman–Crippen MR) is 83.4 cm³/mol. The third-order valence-electron chi connectivity index (χ3n) is 2.46. The molecule has 0 bridgehead atoms. The van der Waals surface area contributed by atoms with Gasteiger partial charge >= 0.3 is 0 Å². The van der Waals surface area contributed by atoms with Crippen LogP contribution in [0.15, 0.2) is 58.4 Å². The summed E-state index contributed by atoms with van der Waals surface area (Å²) >= 11 is 0. The van der Waals surface area contributed by atoms with E-state index < -0.39 is 0 Å². The molecular weight excluding hydrogens is 250 g/mol. The molecule has 0 amide bonds. The van der Waals surface area contributed by atoms with Crippen LogP contribution in [0, 0.1) is 0 Å². The molecule has 20 heavy (non-hydrogen) atoms. The van der Waals surface area contributed by atoms with Crippen molar-refractivity contribution in [2.24, 2.45) is 9.98 Å². The SMILES string of the molecule is C=N/C=C\C(=NCC(=O)CC=C(C)C)c1cccnc1. The second-order valence-corrected chi connectivity index (χ2v) is 4.47. The van der Waals surface area contributed by atoms with Gasteiger partial charge in [0.2, 0.25) is 0 Å². The van der Waals surface area contributed by atoms with Crippen LogP contribution in [0.25, 0.3) is 0 Å². The van der Waals surface area contributed by atoms with Crippen molar-refractivity contribution >= 4 is 18.2 Å². The number of rotatable bonds is 7. The minimum Gasteiger partial charge on any atom is -0.297 e. The minimum absolute atomic E-state index is 0.0764. The Morgan fingerprint density at radius 2 is 2.25 bits per heavy atom. The Labute approximate surface area is 119 Å². The first-order valence-corrected chi connectivity index (χ1v) is 6.35. The van der Waals surface area contributed by atoms with Gasteiger partial charge in [-0.05, 0) is 38.8 Å². The molecule has 1 aromatic rings. The quantitative estimate of drug-likeness (QED) is 0.564. The standard InChI is InChI=1S/C16H19N3O/c1-13(2)6-7-15(20)12-19-16(8-10-17-3)14-5-4-9-18-11-14/h4-6,8-11H,3,7,12H2,1-2H3/b10-8-,19-16?. The third-order valence-corrected chi connectivity index (χ3v) is 2.46. The number of ketones is 1. The highest BCUT2D eigenvalue weighted by atomic mass is 16.1. The van der Waals surface area contributed by atoms with E-state index in [1.165, 1.54) is 0 Å². The van der Waals surface area contributed by atoms with Crippen molar-refractivity contribution < 1.29 is 4.79 Å². The average Bonchev–Trinajstić information content (AvgIpc) is 2.46. The van der Waals surface area contributed by atoms with E-state index in [1.54, 1.807) is 24.7 Å². The summed E-state index contributed by atoms with van der Waals surface area (Å²) in [7, 11) is 0. The maximum atomic E-state index is 11.7. The highest BCUT2D eigenvalue weighted by Crippen LogP contribution is 2.02. The summed E-state index contributed by atoms with van der Waals surface area (Å²) < 4.78 is 0. The first-order valence-electron chi connectivity index (χ1n) is 6.35. The number of Topliss-reactive ketones (excluding diaryl/α,β-unsaturated/α-hetero) is 1. The Bertz CT molecular complexity index is 538. The fourth-order valence-electron chi connectivity index (χ4n) is 1.43. The number of allylic oxidation sites excluding steroid dienone is 3. The number of hydrogen-bond acceptors (Lipinski definition) is 4. The lowest BCUT2D eigenvalue weighted by atomic mass is 10.1. The summed E-state index contributed by atoms with van der Waals surface area (Å²) in [6, 6.07) is 3.71. The van der Waals surface area contributed by atoms with Crippen LogP contribution in [-0.4, -0.2) is 29.7 Å². The lowest BCUT2D eigenvalue weighted by molar-refractivity contribution is -0.116. The summed E-state index contributed by atoms with van der Waals surface area (Å²) in [4.78, 5) is 23.8. The summed E-state index contributed by atoms with van der Waals surface area (Å²) in [6.45, 7) is 7.47. The molecule has 0 spiro atoms. The van der Waals surface area contributed by atoms with Crippen LogP contribution in [0.4, 0.5) is 0 Å². The number of aliphatic imine (C=N–C) groups is 2. The molecule has 0 saturated carbocycles. The summed E-state index contributed by atoms with van der Waals surface area (Å²) in [5.41, 5.74) is 2.66. The summed E-state index contributed by atoms with van der Waals surface area (Å²) in [5, 5.41) is 0. The average molecular weight is 269 g/mol. The predicted octanol–water partition coefficient (Wildman–Crippen LogP) is 3.01. The summed E-state index contributed by atoms with van der Waals surface area (Å²) in [5.74, 6) is 0.0764. The molecule has 104 valence electrons. The van der Waals surface area contributed by atoms with Crippen LogP contribution < -0.4 is 0 Å². The molecule has 1 rings (SSSR count). The molecule has 0 atom stereocenters. The van der Waals surface area contributed by atoms with Crippen molar-refractivity contribution in [3.05, 3.63) is 54.0 Å². The molecule has 0 aromatic carbocycles. The van der Waals surface area contributed by atoms with Crippen molar-refractivity contribution in [3.8, 4) is 0 Å². The zero-order valence-corrected chi connectivity index (χ0v) is 11.9. The molecule has 0 N–H and O–H groups in total. The lowest BCUT2D eigenvalue weighted by Crippen LogP contribution is -2.05. The van der Waals surface area contributed by atoms with Crippen molar-refractivity contribution in [3.63, 3.8) is 0 Å². The van der Waals surface area contributed by atoms with E-state index in [2.05, 4.69) is 21.7 Å². The van der Waals surface area contributed by atoms with Crippen molar-refractivity contribution in [1.82, 2.24) is 4.98 Å². The van der Waals surface area contributed by atoms with Gasteiger partial charge in [0.05, 0.1) is 12.3 Å². The number of nitrogens with zero attached hydrogens (tertiary/aromatic N) is 3. The Hall–Kier alpha value is -2.36. The monoisotopic (exact) mass is 269 g/mol. The first kappa shape index (κ1) is 15.7. The van der Waals surface area contributed by atoms with Gasteiger partial charge < -0.3 is 0 Å². The minimum atomic E-state index is 0.0764. The van der Waals surface area contributed by atoms with E-state index in [9.17, 15) is 4.79 Å². The normalized spacial score (nSPS) is 11.4. The second-order valence-electron chi connectivity index (χ2n) is 4.47. The van der Waals surface area contributed by atoms with E-state index in [4.69, 9.17) is 0 Å². The maximum Gasteiger partial charge on any atom is 0.157 e. The van der Waals surface area contributed by atoms with Gasteiger partial charge in [0.15, 0.2) is 5.78 Å². The van der Waals surface area contributed by atoms with Gasteiger partial charge in [-0.3, -0.25) is 19.8 Å². The fourth-order valence-corrected chi connectivity index (χ4v) is 1.43. The van der Waals surface area contributed by atoms with Crippen LogP contribution in [0.5, 0.6) is 0 Å². The van der Waals surface area contributed by atoms with Gasteiger partial charge in [0.25, 0.3) is 0 Å². The van der Waals surface area contributed by atoms with Crippen molar-refractivity contribution in [2.45, 2.75) is 20.3 Å². The van der Waals surface area contributed by atoms with Crippen molar-refractivity contribution in [1.29, 1.82) is 0 Å². The highest BCUT2D eigenvalue weighted by molar-refractivity contribution is 6.09. The maximum absolute atomic E-state index is 11.7. The van der Waals surface area contributed by atoms with E-state index in [-0.39, 0.29) is 12.3 Å². The summed E-state index contributed by atoms with van der Waals surface area (Å²) in [6.07, 6.45) is 8.98. The molecule has 0 aliphatic rings. The van der Waals surface area contributed by atoms with Crippen LogP contribution in [-0.2, 0) is 4.79 Å². The number of carbonyl (C=O) groups is 1. The van der Waals surface area contributed by atoms with E-state index in [1.807, 2.05) is 32.1 Å². The van der Waals surface area contributed by atoms with Crippen molar-refractivity contribution in [2.75, 3.05) is 6.54 Å². The van der Waals surface area contributed by atoms with E-state index >= 15 is 0 Å². The number of aromatic nitrogens is 1. The van der Waals surface area contributed by atoms with Gasteiger partial charge in [0.1, 0.15) is 0 Å². The van der Waals surface area contributed by atoms with Gasteiger partial charge in [-0.25, -0.2) is 0 Å². The van der Waals surface area contributed by atoms with Gasteiger partial charge in [-0.2, -0.15) is 0 Å². The Balaban J connectivity index is 2.81. The van der Waals surface area contributed by atoms with Gasteiger partial charge in [-0.15, -0.1) is 0 Å². The number of carbonyl (C=O) groups excluding carboxylic acids is 1. The lowest BCUT2D eigenvalue weighted by Gasteiger charge is -2.01. The molecule has 4 nitrogen and oxygen atoms in total. The molecule has 0 fully saturated rings. The largest absolute Gasteiger partial charge is 0.297 e. The Morgan fingerprint density at radius 1 is 1.45 bits per heavy atom. The topological polar surface area (TPSA) is 54.7 Å². The molecule has 0 radical (unpaired) electrons. The van der Waals surface area contributed by atoms with E-state index in [0.717, 1.165) is 11.1 Å². The zero-order chi connectivity index (χ0) is 14.8. The molecule has 4 heteroatoms. The first-order chi connectivity index (χ1) is 9.63. The number of hydrogen-bond donors (Lipinski definition) is 0.